The molecule has 7 aromatic rings. The molecule has 0 radical (unpaired) electrons. The van der Waals surface area contributed by atoms with Crippen LogP contribution in [-0.2, 0) is 0 Å². The van der Waals surface area contributed by atoms with E-state index in [0.29, 0.717) is 5.95 Å². The van der Waals surface area contributed by atoms with Gasteiger partial charge in [-0.2, -0.15) is 0 Å². The monoisotopic (exact) mass is 435 g/mol. The Balaban J connectivity index is 1.55. The maximum atomic E-state index is 6.18. The summed E-state index contributed by atoms with van der Waals surface area (Å²) in [6.07, 6.45) is 0. The highest BCUT2D eigenvalue weighted by molar-refractivity contribution is 6.21. The molecule has 0 amide bonds. The Kier molecular flexibility index (Phi) is 3.36. The van der Waals surface area contributed by atoms with Gasteiger partial charge in [-0.3, -0.25) is 4.57 Å². The molecule has 8 rings (SSSR count). The first-order valence-corrected chi connectivity index (χ1v) is 11.4. The van der Waals surface area contributed by atoms with Gasteiger partial charge in [0.05, 0.1) is 27.6 Å². The van der Waals surface area contributed by atoms with E-state index in [-0.39, 0.29) is 0 Å². The Morgan fingerprint density at radius 2 is 1.35 bits per heavy atom. The van der Waals surface area contributed by atoms with E-state index in [1.807, 2.05) is 36.4 Å². The van der Waals surface area contributed by atoms with Crippen LogP contribution in [0.5, 0.6) is 11.5 Å². The number of para-hydroxylation sites is 2. The van der Waals surface area contributed by atoms with Crippen LogP contribution in [0.1, 0.15) is 0 Å². The van der Waals surface area contributed by atoms with Gasteiger partial charge in [0.2, 0.25) is 5.95 Å². The van der Waals surface area contributed by atoms with Crippen molar-refractivity contribution in [1.29, 1.82) is 0 Å². The molecule has 0 bridgehead atoms. The van der Waals surface area contributed by atoms with E-state index < -0.39 is 0 Å². The standard InChI is InChI=1S/C30H17N3O/c1-2-9-19-18(8-1)16-17-24-27(19)20-10-3-5-13-23(20)33(24)30-31-22-12-7-15-26-28(22)29(32-30)21-11-4-6-14-25(21)34-26/h1-17H. The van der Waals surface area contributed by atoms with Crippen LogP contribution in [0.2, 0.25) is 0 Å². The lowest BCUT2D eigenvalue weighted by molar-refractivity contribution is 0.486. The van der Waals surface area contributed by atoms with Crippen molar-refractivity contribution < 1.29 is 4.74 Å². The summed E-state index contributed by atoms with van der Waals surface area (Å²) < 4.78 is 8.37. The summed E-state index contributed by atoms with van der Waals surface area (Å²) in [5.41, 5.74) is 4.96. The van der Waals surface area contributed by atoms with E-state index in [1.165, 1.54) is 21.5 Å². The Bertz CT molecular complexity index is 1950. The molecule has 0 atom stereocenters. The second-order valence-corrected chi connectivity index (χ2v) is 8.65. The summed E-state index contributed by atoms with van der Waals surface area (Å²) in [6, 6.07) is 35.5. The zero-order chi connectivity index (χ0) is 22.2. The fourth-order valence-corrected chi connectivity index (χ4v) is 5.34. The van der Waals surface area contributed by atoms with Crippen LogP contribution in [0.4, 0.5) is 0 Å². The second-order valence-electron chi connectivity index (χ2n) is 8.65. The number of aromatic nitrogens is 3. The molecule has 158 valence electrons. The van der Waals surface area contributed by atoms with E-state index in [9.17, 15) is 0 Å². The summed E-state index contributed by atoms with van der Waals surface area (Å²) in [4.78, 5) is 10.2. The SMILES string of the molecule is c1ccc2c(c1)Oc1cccc3nc(-n4c5ccccc5c5c6ccccc6ccc54)nc-2c13. The van der Waals surface area contributed by atoms with Crippen molar-refractivity contribution in [3.8, 4) is 28.7 Å². The van der Waals surface area contributed by atoms with E-state index in [1.54, 1.807) is 0 Å². The molecular formula is C30H17N3O. The van der Waals surface area contributed by atoms with Gasteiger partial charge >= 0.3 is 0 Å². The van der Waals surface area contributed by atoms with E-state index in [4.69, 9.17) is 14.7 Å². The van der Waals surface area contributed by atoms with Crippen molar-refractivity contribution in [2.75, 3.05) is 0 Å². The van der Waals surface area contributed by atoms with E-state index >= 15 is 0 Å². The maximum Gasteiger partial charge on any atom is 0.235 e. The molecule has 0 unspecified atom stereocenters. The first kappa shape index (κ1) is 17.8. The molecule has 5 aromatic carbocycles. The minimum absolute atomic E-state index is 0.665. The smallest absolute Gasteiger partial charge is 0.235 e. The zero-order valence-electron chi connectivity index (χ0n) is 18.1. The molecule has 1 aliphatic rings. The Hall–Kier alpha value is -4.70. The second kappa shape index (κ2) is 6.42. The maximum absolute atomic E-state index is 6.18. The molecule has 34 heavy (non-hydrogen) atoms. The van der Waals surface area contributed by atoms with Crippen molar-refractivity contribution in [3.05, 3.63) is 103 Å². The quantitative estimate of drug-likeness (QED) is 0.266. The molecule has 0 spiro atoms. The number of hydrogen-bond donors (Lipinski definition) is 0. The van der Waals surface area contributed by atoms with Gasteiger partial charge < -0.3 is 4.74 Å². The highest BCUT2D eigenvalue weighted by Gasteiger charge is 2.24. The average molecular weight is 435 g/mol. The largest absolute Gasteiger partial charge is 0.456 e. The van der Waals surface area contributed by atoms with Crippen LogP contribution in [0, 0.1) is 0 Å². The van der Waals surface area contributed by atoms with Crippen LogP contribution in [0.15, 0.2) is 103 Å². The van der Waals surface area contributed by atoms with Gasteiger partial charge in [0.1, 0.15) is 11.5 Å². The van der Waals surface area contributed by atoms with E-state index in [0.717, 1.165) is 44.7 Å². The van der Waals surface area contributed by atoms with Gasteiger partial charge in [-0.15, -0.1) is 0 Å². The third-order valence-corrected chi connectivity index (χ3v) is 6.80. The van der Waals surface area contributed by atoms with Crippen molar-refractivity contribution >= 4 is 43.5 Å². The summed E-state index contributed by atoms with van der Waals surface area (Å²) in [7, 11) is 0. The molecule has 0 N–H and O–H groups in total. The van der Waals surface area contributed by atoms with Gasteiger partial charge in [0.15, 0.2) is 0 Å². The van der Waals surface area contributed by atoms with Gasteiger partial charge in [0, 0.05) is 16.3 Å². The van der Waals surface area contributed by atoms with Crippen molar-refractivity contribution in [1.82, 2.24) is 14.5 Å². The zero-order valence-corrected chi connectivity index (χ0v) is 18.1. The molecule has 1 aliphatic heterocycles. The molecule has 0 aliphatic carbocycles. The summed E-state index contributed by atoms with van der Waals surface area (Å²) in [5.74, 6) is 2.28. The fourth-order valence-electron chi connectivity index (χ4n) is 5.34. The Morgan fingerprint density at radius 3 is 2.32 bits per heavy atom. The minimum atomic E-state index is 0.665. The summed E-state index contributed by atoms with van der Waals surface area (Å²) in [5, 5.41) is 5.84. The Labute approximate surface area is 194 Å². The molecule has 3 heterocycles. The highest BCUT2D eigenvalue weighted by atomic mass is 16.5. The molecular weight excluding hydrogens is 418 g/mol. The first-order chi connectivity index (χ1) is 16.9. The summed E-state index contributed by atoms with van der Waals surface area (Å²) in [6.45, 7) is 0. The number of fused-ring (bicyclic) bond motifs is 7. The van der Waals surface area contributed by atoms with Gasteiger partial charge in [0.25, 0.3) is 0 Å². The van der Waals surface area contributed by atoms with E-state index in [2.05, 4.69) is 71.3 Å². The lowest BCUT2D eigenvalue weighted by Crippen LogP contribution is -2.06. The van der Waals surface area contributed by atoms with Crippen LogP contribution in [0.25, 0.3) is 60.7 Å². The van der Waals surface area contributed by atoms with Crippen LogP contribution < -0.4 is 4.74 Å². The molecule has 0 saturated heterocycles. The molecule has 0 fully saturated rings. The number of benzene rings is 5. The number of hydrogen-bond acceptors (Lipinski definition) is 3. The molecule has 4 heteroatoms. The van der Waals surface area contributed by atoms with Crippen LogP contribution in [-0.4, -0.2) is 14.5 Å². The average Bonchev–Trinajstić information content (AvgIpc) is 3.24. The first-order valence-electron chi connectivity index (χ1n) is 11.4. The topological polar surface area (TPSA) is 39.9 Å². The normalized spacial score (nSPS) is 12.4. The third-order valence-electron chi connectivity index (χ3n) is 6.80. The number of ether oxygens (including phenoxy) is 1. The number of nitrogens with zero attached hydrogens (tertiary/aromatic N) is 3. The van der Waals surface area contributed by atoms with Crippen LogP contribution >= 0.6 is 0 Å². The molecule has 2 aromatic heterocycles. The van der Waals surface area contributed by atoms with Gasteiger partial charge in [-0.05, 0) is 47.2 Å². The predicted molar refractivity (Wildman–Crippen MR) is 137 cm³/mol. The fraction of sp³-hybridized carbons (Fsp3) is 0. The van der Waals surface area contributed by atoms with Crippen molar-refractivity contribution in [2.45, 2.75) is 0 Å². The lowest BCUT2D eigenvalue weighted by Gasteiger charge is -2.20. The van der Waals surface area contributed by atoms with Crippen molar-refractivity contribution in [2.24, 2.45) is 0 Å². The predicted octanol–water partition coefficient (Wildman–Crippen LogP) is 7.65. The lowest BCUT2D eigenvalue weighted by atomic mass is 10.0. The molecule has 4 nitrogen and oxygen atoms in total. The third kappa shape index (κ3) is 2.27. The van der Waals surface area contributed by atoms with Crippen molar-refractivity contribution in [3.63, 3.8) is 0 Å². The highest BCUT2D eigenvalue weighted by Crippen LogP contribution is 2.45. The Morgan fingerprint density at radius 1 is 0.559 bits per heavy atom. The van der Waals surface area contributed by atoms with Gasteiger partial charge in [-0.1, -0.05) is 66.7 Å². The number of rotatable bonds is 1. The summed E-state index contributed by atoms with van der Waals surface area (Å²) >= 11 is 0. The van der Waals surface area contributed by atoms with Gasteiger partial charge in [-0.25, -0.2) is 9.97 Å². The minimum Gasteiger partial charge on any atom is -0.456 e. The molecule has 0 saturated carbocycles. The van der Waals surface area contributed by atoms with Crippen LogP contribution in [0.3, 0.4) is 0 Å².